The van der Waals surface area contributed by atoms with Crippen LogP contribution >= 0.6 is 0 Å². The summed E-state index contributed by atoms with van der Waals surface area (Å²) in [6.45, 7) is 10.0. The predicted molar refractivity (Wildman–Crippen MR) is 61.7 cm³/mol. The van der Waals surface area contributed by atoms with Gasteiger partial charge in [0, 0.05) is 26.2 Å². The van der Waals surface area contributed by atoms with Crippen molar-refractivity contribution in [2.75, 3.05) is 33.4 Å². The zero-order valence-electron chi connectivity index (χ0n) is 10.4. The van der Waals surface area contributed by atoms with Crippen molar-refractivity contribution >= 4 is 6.03 Å². The maximum Gasteiger partial charge on any atom is 0.321 e. The van der Waals surface area contributed by atoms with Crippen molar-refractivity contribution in [1.82, 2.24) is 14.7 Å². The van der Waals surface area contributed by atoms with Crippen molar-refractivity contribution in [3.05, 3.63) is 0 Å². The Labute approximate surface area is 92.8 Å². The summed E-state index contributed by atoms with van der Waals surface area (Å²) in [5.41, 5.74) is 0. The lowest BCUT2D eigenvalue weighted by Crippen LogP contribution is -2.52. The summed E-state index contributed by atoms with van der Waals surface area (Å²) in [5, 5.41) is 0. The molecule has 0 aromatic carbocycles. The first-order valence-corrected chi connectivity index (χ1v) is 5.80. The smallest absolute Gasteiger partial charge is 0.321 e. The van der Waals surface area contributed by atoms with Crippen molar-refractivity contribution in [1.29, 1.82) is 0 Å². The highest BCUT2D eigenvalue weighted by Gasteiger charge is 2.24. The first-order chi connectivity index (χ1) is 7.06. The zero-order chi connectivity index (χ0) is 11.4. The number of carbonyl (C=O) groups excluding carboxylic acids is 1. The fourth-order valence-corrected chi connectivity index (χ4v) is 1.73. The molecule has 0 N–H and O–H groups in total. The number of amides is 2. The molecular weight excluding hydrogens is 190 g/mol. The molecule has 0 aliphatic carbocycles. The summed E-state index contributed by atoms with van der Waals surface area (Å²) in [5.74, 6) is 0. The first kappa shape index (κ1) is 12.3. The summed E-state index contributed by atoms with van der Waals surface area (Å²) in [6, 6.07) is 0.428. The average Bonchev–Trinajstić information content (AvgIpc) is 2.27. The lowest BCUT2D eigenvalue weighted by atomic mass is 10.3. The standard InChI is InChI=1S/C11H23N3O/c1-5-13-7-6-8-14(9-13)11(15)12(4)10(2)3/h10H,5-9H2,1-4H3. The van der Waals surface area contributed by atoms with Crippen LogP contribution in [0.1, 0.15) is 27.2 Å². The Morgan fingerprint density at radius 1 is 1.40 bits per heavy atom. The molecule has 0 radical (unpaired) electrons. The summed E-state index contributed by atoms with van der Waals surface area (Å²) in [4.78, 5) is 18.1. The quantitative estimate of drug-likeness (QED) is 0.694. The minimum atomic E-state index is 0.156. The van der Waals surface area contributed by atoms with E-state index in [1.165, 1.54) is 0 Å². The van der Waals surface area contributed by atoms with Gasteiger partial charge in [-0.05, 0) is 26.8 Å². The fourth-order valence-electron chi connectivity index (χ4n) is 1.73. The Kier molecular flexibility index (Phi) is 4.39. The van der Waals surface area contributed by atoms with Gasteiger partial charge in [-0.2, -0.15) is 0 Å². The number of hydrogen-bond donors (Lipinski definition) is 0. The van der Waals surface area contributed by atoms with Gasteiger partial charge in [-0.25, -0.2) is 4.79 Å². The van der Waals surface area contributed by atoms with Gasteiger partial charge >= 0.3 is 6.03 Å². The molecule has 0 aromatic heterocycles. The molecule has 4 nitrogen and oxygen atoms in total. The number of urea groups is 1. The van der Waals surface area contributed by atoms with E-state index < -0.39 is 0 Å². The third-order valence-corrected chi connectivity index (χ3v) is 3.07. The molecule has 1 aliphatic rings. The van der Waals surface area contributed by atoms with E-state index in [-0.39, 0.29) is 12.1 Å². The van der Waals surface area contributed by atoms with Crippen LogP contribution in [-0.2, 0) is 0 Å². The molecule has 0 atom stereocenters. The Morgan fingerprint density at radius 3 is 2.60 bits per heavy atom. The molecule has 1 fully saturated rings. The van der Waals surface area contributed by atoms with Crippen LogP contribution < -0.4 is 0 Å². The van der Waals surface area contributed by atoms with Gasteiger partial charge in [0.15, 0.2) is 0 Å². The van der Waals surface area contributed by atoms with E-state index in [1.54, 1.807) is 4.90 Å². The summed E-state index contributed by atoms with van der Waals surface area (Å²) in [7, 11) is 1.87. The van der Waals surface area contributed by atoms with E-state index in [0.29, 0.717) is 0 Å². The number of carbonyl (C=O) groups is 1. The molecule has 1 saturated heterocycles. The van der Waals surface area contributed by atoms with Crippen molar-refractivity contribution in [3.8, 4) is 0 Å². The van der Waals surface area contributed by atoms with Gasteiger partial charge in [0.2, 0.25) is 0 Å². The van der Waals surface area contributed by atoms with Crippen LogP contribution in [0.25, 0.3) is 0 Å². The summed E-state index contributed by atoms with van der Waals surface area (Å²) in [6.07, 6.45) is 1.09. The van der Waals surface area contributed by atoms with E-state index in [9.17, 15) is 4.79 Å². The van der Waals surface area contributed by atoms with Gasteiger partial charge in [0.25, 0.3) is 0 Å². The Balaban J connectivity index is 2.52. The minimum Gasteiger partial charge on any atom is -0.325 e. The van der Waals surface area contributed by atoms with Crippen LogP contribution in [0.2, 0.25) is 0 Å². The predicted octanol–water partition coefficient (Wildman–Crippen LogP) is 1.43. The molecule has 1 rings (SSSR count). The molecule has 0 bridgehead atoms. The number of nitrogens with zero attached hydrogens (tertiary/aromatic N) is 3. The fraction of sp³-hybridized carbons (Fsp3) is 0.909. The highest BCUT2D eigenvalue weighted by Crippen LogP contribution is 2.09. The molecule has 2 amide bonds. The largest absolute Gasteiger partial charge is 0.325 e. The van der Waals surface area contributed by atoms with Gasteiger partial charge in [-0.1, -0.05) is 6.92 Å². The topological polar surface area (TPSA) is 26.8 Å². The van der Waals surface area contributed by atoms with Crippen LogP contribution in [0.5, 0.6) is 0 Å². The van der Waals surface area contributed by atoms with Crippen molar-refractivity contribution in [3.63, 3.8) is 0 Å². The third kappa shape index (κ3) is 3.09. The maximum absolute atomic E-state index is 12.0. The Bertz CT molecular complexity index is 218. The normalized spacial score (nSPS) is 18.3. The monoisotopic (exact) mass is 213 g/mol. The molecule has 0 aromatic rings. The Hall–Kier alpha value is -0.770. The highest BCUT2D eigenvalue weighted by molar-refractivity contribution is 5.74. The van der Waals surface area contributed by atoms with Crippen LogP contribution in [0.4, 0.5) is 4.79 Å². The molecule has 15 heavy (non-hydrogen) atoms. The minimum absolute atomic E-state index is 0.156. The third-order valence-electron chi connectivity index (χ3n) is 3.07. The molecule has 1 aliphatic heterocycles. The summed E-state index contributed by atoms with van der Waals surface area (Å²) >= 11 is 0. The number of hydrogen-bond acceptors (Lipinski definition) is 2. The van der Waals surface area contributed by atoms with E-state index >= 15 is 0 Å². The zero-order valence-corrected chi connectivity index (χ0v) is 10.4. The van der Waals surface area contributed by atoms with Gasteiger partial charge < -0.3 is 9.80 Å². The molecule has 0 unspecified atom stereocenters. The molecule has 4 heteroatoms. The second kappa shape index (κ2) is 5.35. The lowest BCUT2D eigenvalue weighted by Gasteiger charge is -2.37. The van der Waals surface area contributed by atoms with E-state index in [2.05, 4.69) is 11.8 Å². The Morgan fingerprint density at radius 2 is 2.07 bits per heavy atom. The van der Waals surface area contributed by atoms with Crippen molar-refractivity contribution in [2.45, 2.75) is 33.2 Å². The lowest BCUT2D eigenvalue weighted by molar-refractivity contribution is 0.0853. The number of rotatable bonds is 2. The van der Waals surface area contributed by atoms with E-state index in [4.69, 9.17) is 0 Å². The molecule has 0 saturated carbocycles. The van der Waals surface area contributed by atoms with Crippen LogP contribution in [-0.4, -0.2) is 60.1 Å². The SMILES string of the molecule is CCN1CCCN(C(=O)N(C)C(C)C)C1. The second-order valence-corrected chi connectivity index (χ2v) is 4.46. The van der Waals surface area contributed by atoms with Gasteiger partial charge in [-0.15, -0.1) is 0 Å². The van der Waals surface area contributed by atoms with Crippen LogP contribution in [0.15, 0.2) is 0 Å². The van der Waals surface area contributed by atoms with Gasteiger partial charge in [-0.3, -0.25) is 4.90 Å². The van der Waals surface area contributed by atoms with E-state index in [1.807, 2.05) is 25.8 Å². The summed E-state index contributed by atoms with van der Waals surface area (Å²) < 4.78 is 0. The maximum atomic E-state index is 12.0. The molecule has 0 spiro atoms. The average molecular weight is 213 g/mol. The molecule has 1 heterocycles. The van der Waals surface area contributed by atoms with E-state index in [0.717, 1.165) is 32.7 Å². The highest BCUT2D eigenvalue weighted by atomic mass is 16.2. The first-order valence-electron chi connectivity index (χ1n) is 5.80. The van der Waals surface area contributed by atoms with Crippen molar-refractivity contribution < 1.29 is 4.79 Å². The van der Waals surface area contributed by atoms with Crippen LogP contribution in [0, 0.1) is 0 Å². The second-order valence-electron chi connectivity index (χ2n) is 4.46. The van der Waals surface area contributed by atoms with Gasteiger partial charge in [0.05, 0.1) is 6.67 Å². The molecular formula is C11H23N3O. The van der Waals surface area contributed by atoms with Crippen molar-refractivity contribution in [2.24, 2.45) is 0 Å². The van der Waals surface area contributed by atoms with Gasteiger partial charge in [0.1, 0.15) is 0 Å². The molecule has 88 valence electrons. The van der Waals surface area contributed by atoms with Crippen LogP contribution in [0.3, 0.4) is 0 Å².